The Bertz CT molecular complexity index is 1080. The lowest BCUT2D eigenvalue weighted by atomic mass is 10.1. The molecule has 13 nitrogen and oxygen atoms in total. The van der Waals surface area contributed by atoms with Crippen molar-refractivity contribution in [2.45, 2.75) is 57.1 Å². The average Bonchev–Trinajstić information content (AvgIpc) is 3.32. The molecule has 41 heavy (non-hydrogen) atoms. The Balaban J connectivity index is 1.45. The van der Waals surface area contributed by atoms with Crippen molar-refractivity contribution in [1.29, 1.82) is 0 Å². The van der Waals surface area contributed by atoms with Crippen LogP contribution in [0.3, 0.4) is 0 Å². The van der Waals surface area contributed by atoms with E-state index < -0.39 is 11.0 Å². The number of nitrogens with one attached hydrogen (secondary N) is 2. The Morgan fingerprint density at radius 2 is 1.90 bits per heavy atom. The summed E-state index contributed by atoms with van der Waals surface area (Å²) in [7, 11) is 0. The smallest absolute Gasteiger partial charge is 0.410 e. The predicted octanol–water partition coefficient (Wildman–Crippen LogP) is 2.34. The molecule has 1 aromatic carbocycles. The Kier molecular flexibility index (Phi) is 13.2. The second-order valence-corrected chi connectivity index (χ2v) is 12.4. The van der Waals surface area contributed by atoms with E-state index in [1.165, 1.54) is 37.7 Å². The standard InChI is InChI=1S/C26H37N5O8S2/c1-18(32)38-11-7-22-14-27-9-10-30(22)28-25(34)8-12-40-17-23-13-24(41-19(2)33)15-29(23)26(35)39-16-20-3-5-21(6-4-20)31(36)37/h3-6,22-24,27H,7-17H2,1-2H3,(H,28,34). The van der Waals surface area contributed by atoms with Gasteiger partial charge in [0, 0.05) is 93.8 Å². The fourth-order valence-electron chi connectivity index (χ4n) is 4.62. The van der Waals surface area contributed by atoms with Gasteiger partial charge in [-0.1, -0.05) is 11.8 Å². The Morgan fingerprint density at radius 3 is 2.59 bits per heavy atom. The van der Waals surface area contributed by atoms with E-state index in [0.29, 0.717) is 62.6 Å². The van der Waals surface area contributed by atoms with Crippen molar-refractivity contribution in [2.75, 3.05) is 44.3 Å². The van der Waals surface area contributed by atoms with Crippen LogP contribution in [0.1, 0.15) is 38.7 Å². The lowest BCUT2D eigenvalue weighted by Gasteiger charge is -2.36. The average molecular weight is 612 g/mol. The lowest BCUT2D eigenvalue weighted by Crippen LogP contribution is -2.58. The summed E-state index contributed by atoms with van der Waals surface area (Å²) in [5.74, 6) is 0.717. The summed E-state index contributed by atoms with van der Waals surface area (Å²) in [5.41, 5.74) is 3.56. The van der Waals surface area contributed by atoms with Gasteiger partial charge in [-0.2, -0.15) is 11.8 Å². The molecular weight excluding hydrogens is 574 g/mol. The van der Waals surface area contributed by atoms with E-state index in [-0.39, 0.29) is 46.6 Å². The molecule has 2 N–H and O–H groups in total. The van der Waals surface area contributed by atoms with E-state index in [1.54, 1.807) is 28.8 Å². The fourth-order valence-corrected chi connectivity index (χ4v) is 6.73. The Labute approximate surface area is 247 Å². The minimum Gasteiger partial charge on any atom is -0.466 e. The van der Waals surface area contributed by atoms with Crippen LogP contribution in [0.2, 0.25) is 0 Å². The van der Waals surface area contributed by atoms with Gasteiger partial charge in [0.05, 0.1) is 11.5 Å². The monoisotopic (exact) mass is 611 g/mol. The third-order valence-electron chi connectivity index (χ3n) is 6.61. The summed E-state index contributed by atoms with van der Waals surface area (Å²) >= 11 is 2.78. The highest BCUT2D eigenvalue weighted by atomic mass is 32.2. The molecule has 15 heteroatoms. The third-order valence-corrected chi connectivity index (χ3v) is 8.73. The van der Waals surface area contributed by atoms with Crippen molar-refractivity contribution in [3.05, 3.63) is 39.9 Å². The van der Waals surface area contributed by atoms with Crippen molar-refractivity contribution in [3.8, 4) is 0 Å². The molecule has 2 amide bonds. The predicted molar refractivity (Wildman–Crippen MR) is 155 cm³/mol. The van der Waals surface area contributed by atoms with Crippen molar-refractivity contribution < 1.29 is 33.6 Å². The number of carbonyl (C=O) groups is 4. The summed E-state index contributed by atoms with van der Waals surface area (Å²) < 4.78 is 10.5. The molecule has 1 aromatic rings. The number of rotatable bonds is 13. The second kappa shape index (κ2) is 16.5. The zero-order valence-electron chi connectivity index (χ0n) is 23.2. The van der Waals surface area contributed by atoms with E-state index in [2.05, 4.69) is 10.7 Å². The van der Waals surface area contributed by atoms with Gasteiger partial charge in [0.15, 0.2) is 5.12 Å². The van der Waals surface area contributed by atoms with E-state index >= 15 is 0 Å². The molecule has 0 saturated carbocycles. The number of hydrazine groups is 1. The highest BCUT2D eigenvalue weighted by Gasteiger charge is 2.37. The van der Waals surface area contributed by atoms with Gasteiger partial charge in [-0.05, 0) is 24.1 Å². The van der Waals surface area contributed by atoms with Crippen molar-refractivity contribution >= 4 is 52.3 Å². The van der Waals surface area contributed by atoms with Crippen LogP contribution in [-0.2, 0) is 30.5 Å². The normalized spacial score (nSPS) is 20.8. The van der Waals surface area contributed by atoms with Crippen LogP contribution < -0.4 is 10.7 Å². The molecule has 3 rings (SSSR count). The van der Waals surface area contributed by atoms with E-state index in [9.17, 15) is 29.3 Å². The molecule has 0 bridgehead atoms. The number of carbonyl (C=O) groups excluding carboxylic acids is 4. The second-order valence-electron chi connectivity index (χ2n) is 9.79. The SMILES string of the molecule is CC(=O)OCCC1CNCCN1NC(=O)CCSCC1CC(SC(C)=O)CN1C(=O)OCc1ccc([N+](=O)[O-])cc1. The van der Waals surface area contributed by atoms with Crippen LogP contribution in [0.4, 0.5) is 10.5 Å². The number of esters is 1. The summed E-state index contributed by atoms with van der Waals surface area (Å²) in [6, 6.07) is 5.69. The van der Waals surface area contributed by atoms with Gasteiger partial charge in [-0.25, -0.2) is 9.80 Å². The largest absolute Gasteiger partial charge is 0.466 e. The van der Waals surface area contributed by atoms with Crippen LogP contribution >= 0.6 is 23.5 Å². The number of amides is 2. The minimum absolute atomic E-state index is 0.0155. The van der Waals surface area contributed by atoms with E-state index in [0.717, 1.165) is 6.54 Å². The van der Waals surface area contributed by atoms with Crippen LogP contribution in [0.5, 0.6) is 0 Å². The molecule has 0 aromatic heterocycles. The van der Waals surface area contributed by atoms with Crippen LogP contribution in [0, 0.1) is 10.1 Å². The highest BCUT2D eigenvalue weighted by Crippen LogP contribution is 2.31. The van der Waals surface area contributed by atoms with Crippen molar-refractivity contribution in [1.82, 2.24) is 20.7 Å². The molecule has 0 spiro atoms. The fraction of sp³-hybridized carbons (Fsp3) is 0.615. The zero-order chi connectivity index (χ0) is 29.8. The lowest BCUT2D eigenvalue weighted by molar-refractivity contribution is -0.384. The van der Waals surface area contributed by atoms with Gasteiger partial charge < -0.3 is 19.7 Å². The maximum atomic E-state index is 12.9. The highest BCUT2D eigenvalue weighted by molar-refractivity contribution is 8.14. The van der Waals surface area contributed by atoms with Gasteiger partial charge in [-0.3, -0.25) is 29.9 Å². The summed E-state index contributed by atoms with van der Waals surface area (Å²) in [4.78, 5) is 60.3. The summed E-state index contributed by atoms with van der Waals surface area (Å²) in [5, 5.41) is 16.0. The molecule has 2 aliphatic heterocycles. The molecule has 226 valence electrons. The first-order chi connectivity index (χ1) is 19.6. The minimum atomic E-state index is -0.503. The zero-order valence-corrected chi connectivity index (χ0v) is 24.9. The number of thioether (sulfide) groups is 2. The van der Waals surface area contributed by atoms with Crippen LogP contribution in [0.15, 0.2) is 24.3 Å². The van der Waals surface area contributed by atoms with Gasteiger partial charge in [-0.15, -0.1) is 0 Å². The van der Waals surface area contributed by atoms with Crippen LogP contribution in [-0.4, -0.2) is 99.5 Å². The van der Waals surface area contributed by atoms with Gasteiger partial charge in [0.25, 0.3) is 5.69 Å². The Morgan fingerprint density at radius 1 is 1.15 bits per heavy atom. The van der Waals surface area contributed by atoms with Gasteiger partial charge >= 0.3 is 12.1 Å². The quantitative estimate of drug-likeness (QED) is 0.145. The van der Waals surface area contributed by atoms with Crippen LogP contribution in [0.25, 0.3) is 0 Å². The number of piperazine rings is 1. The Hall–Kier alpha value is -2.88. The molecule has 0 aliphatic carbocycles. The van der Waals surface area contributed by atoms with Gasteiger partial charge in [0.1, 0.15) is 6.61 Å². The number of likely N-dealkylation sites (tertiary alicyclic amines) is 1. The number of nitro groups is 1. The third kappa shape index (κ3) is 11.1. The number of nitro benzene ring substituents is 1. The maximum absolute atomic E-state index is 12.9. The topological polar surface area (TPSA) is 160 Å². The number of benzene rings is 1. The maximum Gasteiger partial charge on any atom is 0.410 e. The molecule has 2 saturated heterocycles. The molecule has 3 atom stereocenters. The first-order valence-electron chi connectivity index (χ1n) is 13.4. The molecular formula is C26H37N5O8S2. The van der Waals surface area contributed by atoms with Crippen molar-refractivity contribution in [3.63, 3.8) is 0 Å². The summed E-state index contributed by atoms with van der Waals surface area (Å²) in [6.45, 7) is 5.61. The molecule has 2 aliphatic rings. The van der Waals surface area contributed by atoms with E-state index in [4.69, 9.17) is 9.47 Å². The van der Waals surface area contributed by atoms with Crippen molar-refractivity contribution in [2.24, 2.45) is 0 Å². The number of non-ortho nitro benzene ring substituents is 1. The van der Waals surface area contributed by atoms with Gasteiger partial charge in [0.2, 0.25) is 5.91 Å². The first-order valence-corrected chi connectivity index (χ1v) is 15.5. The van der Waals surface area contributed by atoms with E-state index in [1.807, 2.05) is 5.01 Å². The number of hydrogen-bond donors (Lipinski definition) is 2. The number of hydrogen-bond acceptors (Lipinski definition) is 12. The number of nitrogens with zero attached hydrogens (tertiary/aromatic N) is 3. The molecule has 3 unspecified atom stereocenters. The molecule has 0 radical (unpaired) electrons. The molecule has 2 fully saturated rings. The first kappa shape index (κ1) is 32.6. The number of ether oxygens (including phenoxy) is 2. The molecule has 2 heterocycles. The summed E-state index contributed by atoms with van der Waals surface area (Å²) in [6.07, 6.45) is 1.05.